The number of aliphatic carboxylic acids is 1. The maximum atomic E-state index is 10.4. The monoisotopic (exact) mass is 246 g/mol. The first-order valence-corrected chi connectivity index (χ1v) is 4.74. The zero-order valence-electron chi connectivity index (χ0n) is 7.79. The highest BCUT2D eigenvalue weighted by Crippen LogP contribution is 2.22. The van der Waals surface area contributed by atoms with E-state index in [1.165, 1.54) is 6.92 Å². The fourth-order valence-electron chi connectivity index (χ4n) is 0.815. The van der Waals surface area contributed by atoms with Crippen molar-refractivity contribution in [1.29, 1.82) is 0 Å². The molecule has 0 fully saturated rings. The van der Waals surface area contributed by atoms with E-state index in [0.29, 0.717) is 15.7 Å². The Labute approximate surface area is 96.5 Å². The average molecular weight is 247 g/mol. The Bertz CT molecular complexity index is 398. The van der Waals surface area contributed by atoms with Crippen molar-refractivity contribution in [3.8, 4) is 0 Å². The molecule has 0 heterocycles. The largest absolute Gasteiger partial charge is 0.477 e. The molecule has 0 aliphatic rings. The summed E-state index contributed by atoms with van der Waals surface area (Å²) in [5.74, 6) is -1.09. The van der Waals surface area contributed by atoms with Crippen LogP contribution in [0.3, 0.4) is 0 Å². The lowest BCUT2D eigenvalue weighted by atomic mass is 10.3. The Morgan fingerprint density at radius 3 is 2.33 bits per heavy atom. The number of carboxylic acid groups (broad SMARTS) is 1. The quantitative estimate of drug-likeness (QED) is 0.637. The number of hydrazone groups is 1. The third kappa shape index (κ3) is 3.77. The van der Waals surface area contributed by atoms with Gasteiger partial charge < -0.3 is 5.11 Å². The highest BCUT2D eigenvalue weighted by molar-refractivity contribution is 6.35. The summed E-state index contributed by atoms with van der Waals surface area (Å²) in [6.07, 6.45) is 0. The second kappa shape index (κ2) is 5.00. The zero-order valence-corrected chi connectivity index (χ0v) is 9.30. The molecule has 1 aromatic rings. The van der Waals surface area contributed by atoms with Crippen LogP contribution in [0.5, 0.6) is 0 Å². The number of hydrogen-bond donors (Lipinski definition) is 2. The van der Waals surface area contributed by atoms with E-state index in [4.69, 9.17) is 28.3 Å². The molecule has 15 heavy (non-hydrogen) atoms. The van der Waals surface area contributed by atoms with Crippen LogP contribution in [0, 0.1) is 0 Å². The molecule has 0 atom stereocenters. The molecule has 1 aromatic carbocycles. The molecular formula is C9H8Cl2N2O2. The van der Waals surface area contributed by atoms with Crippen LogP contribution < -0.4 is 5.43 Å². The number of hydrogen-bond acceptors (Lipinski definition) is 3. The minimum atomic E-state index is -1.09. The van der Waals surface area contributed by atoms with Crippen molar-refractivity contribution in [2.45, 2.75) is 6.92 Å². The topological polar surface area (TPSA) is 61.7 Å². The summed E-state index contributed by atoms with van der Waals surface area (Å²) in [4.78, 5) is 10.4. The van der Waals surface area contributed by atoms with E-state index in [0.717, 1.165) is 0 Å². The van der Waals surface area contributed by atoms with E-state index in [-0.39, 0.29) is 5.71 Å². The van der Waals surface area contributed by atoms with Gasteiger partial charge in [-0.3, -0.25) is 5.43 Å². The third-order valence-corrected chi connectivity index (χ3v) is 1.96. The van der Waals surface area contributed by atoms with Gasteiger partial charge in [-0.15, -0.1) is 0 Å². The van der Waals surface area contributed by atoms with E-state index in [1.807, 2.05) is 0 Å². The van der Waals surface area contributed by atoms with Crippen molar-refractivity contribution < 1.29 is 9.90 Å². The number of carbonyl (C=O) groups is 1. The Morgan fingerprint density at radius 2 is 1.87 bits per heavy atom. The van der Waals surface area contributed by atoms with Gasteiger partial charge in [-0.2, -0.15) is 5.10 Å². The van der Waals surface area contributed by atoms with Crippen LogP contribution in [-0.4, -0.2) is 16.8 Å². The van der Waals surface area contributed by atoms with Crippen LogP contribution in [-0.2, 0) is 4.79 Å². The average Bonchev–Trinajstić information content (AvgIpc) is 2.12. The predicted molar refractivity (Wildman–Crippen MR) is 60.8 cm³/mol. The third-order valence-electron chi connectivity index (χ3n) is 1.52. The van der Waals surface area contributed by atoms with Crippen LogP contribution in [0.2, 0.25) is 10.0 Å². The maximum absolute atomic E-state index is 10.4. The molecule has 80 valence electrons. The van der Waals surface area contributed by atoms with Crippen LogP contribution >= 0.6 is 23.2 Å². The highest BCUT2D eigenvalue weighted by atomic mass is 35.5. The molecule has 6 heteroatoms. The number of nitrogens with zero attached hydrogens (tertiary/aromatic N) is 1. The van der Waals surface area contributed by atoms with Gasteiger partial charge in [0.05, 0.1) is 5.69 Å². The first-order valence-electron chi connectivity index (χ1n) is 3.98. The summed E-state index contributed by atoms with van der Waals surface area (Å²) in [5, 5.41) is 13.1. The maximum Gasteiger partial charge on any atom is 0.351 e. The van der Waals surface area contributed by atoms with Gasteiger partial charge in [-0.25, -0.2) is 4.79 Å². The second-order valence-corrected chi connectivity index (χ2v) is 3.65. The minimum Gasteiger partial charge on any atom is -0.477 e. The van der Waals surface area contributed by atoms with Crippen molar-refractivity contribution in [2.24, 2.45) is 5.10 Å². The van der Waals surface area contributed by atoms with Gasteiger partial charge in [0, 0.05) is 10.0 Å². The molecule has 4 nitrogen and oxygen atoms in total. The second-order valence-electron chi connectivity index (χ2n) is 2.77. The molecule has 0 spiro atoms. The smallest absolute Gasteiger partial charge is 0.351 e. The molecule has 0 radical (unpaired) electrons. The molecular weight excluding hydrogens is 239 g/mol. The molecule has 0 aliphatic carbocycles. The molecule has 0 aliphatic heterocycles. The molecule has 0 unspecified atom stereocenters. The molecule has 0 amide bonds. The van der Waals surface area contributed by atoms with E-state index >= 15 is 0 Å². The summed E-state index contributed by atoms with van der Waals surface area (Å²) >= 11 is 11.5. The van der Waals surface area contributed by atoms with Crippen LogP contribution in [0.25, 0.3) is 0 Å². The van der Waals surface area contributed by atoms with Crippen LogP contribution in [0.15, 0.2) is 23.3 Å². The number of nitrogens with one attached hydrogen (secondary N) is 1. The predicted octanol–water partition coefficient (Wildman–Crippen LogP) is 2.87. The zero-order chi connectivity index (χ0) is 11.4. The van der Waals surface area contributed by atoms with Gasteiger partial charge in [0.25, 0.3) is 0 Å². The summed E-state index contributed by atoms with van der Waals surface area (Å²) in [7, 11) is 0. The van der Waals surface area contributed by atoms with Gasteiger partial charge in [0.2, 0.25) is 0 Å². The molecule has 0 bridgehead atoms. The van der Waals surface area contributed by atoms with E-state index < -0.39 is 5.97 Å². The van der Waals surface area contributed by atoms with Crippen molar-refractivity contribution in [3.63, 3.8) is 0 Å². The van der Waals surface area contributed by atoms with Crippen LogP contribution in [0.4, 0.5) is 5.69 Å². The van der Waals surface area contributed by atoms with Gasteiger partial charge >= 0.3 is 5.97 Å². The fraction of sp³-hybridized carbons (Fsp3) is 0.111. The first-order chi connectivity index (χ1) is 6.99. The highest BCUT2D eigenvalue weighted by Gasteiger charge is 2.01. The number of rotatable bonds is 3. The summed E-state index contributed by atoms with van der Waals surface area (Å²) in [6, 6.07) is 4.75. The number of anilines is 1. The SMILES string of the molecule is CC(=NNc1cc(Cl)cc(Cl)c1)C(=O)O. The minimum absolute atomic E-state index is 0.0499. The van der Waals surface area contributed by atoms with Crippen LogP contribution in [0.1, 0.15) is 6.92 Å². The van der Waals surface area contributed by atoms with Crippen molar-refractivity contribution in [1.82, 2.24) is 0 Å². The number of carboxylic acids is 1. The Balaban J connectivity index is 2.82. The molecule has 2 N–H and O–H groups in total. The van der Waals surface area contributed by atoms with E-state index in [9.17, 15) is 4.79 Å². The standard InChI is InChI=1S/C9H8Cl2N2O2/c1-5(9(14)15)12-13-8-3-6(10)2-7(11)4-8/h2-4,13H,1H3,(H,14,15). The molecule has 1 rings (SSSR count). The Hall–Kier alpha value is -1.26. The van der Waals surface area contributed by atoms with E-state index in [2.05, 4.69) is 10.5 Å². The van der Waals surface area contributed by atoms with Gasteiger partial charge in [0.1, 0.15) is 5.71 Å². The molecule has 0 aromatic heterocycles. The van der Waals surface area contributed by atoms with Crippen molar-refractivity contribution >= 4 is 40.6 Å². The number of benzene rings is 1. The van der Waals surface area contributed by atoms with Crippen molar-refractivity contribution in [3.05, 3.63) is 28.2 Å². The summed E-state index contributed by atoms with van der Waals surface area (Å²) < 4.78 is 0. The molecule has 0 saturated carbocycles. The summed E-state index contributed by atoms with van der Waals surface area (Å²) in [5.41, 5.74) is 3.03. The molecule has 0 saturated heterocycles. The fourth-order valence-corrected chi connectivity index (χ4v) is 1.34. The number of halogens is 2. The lowest BCUT2D eigenvalue weighted by Crippen LogP contribution is -2.10. The van der Waals surface area contributed by atoms with Gasteiger partial charge in [-0.1, -0.05) is 23.2 Å². The lowest BCUT2D eigenvalue weighted by molar-refractivity contribution is -0.129. The van der Waals surface area contributed by atoms with Gasteiger partial charge in [-0.05, 0) is 25.1 Å². The van der Waals surface area contributed by atoms with Crippen molar-refractivity contribution in [2.75, 3.05) is 5.43 Å². The van der Waals surface area contributed by atoms with Gasteiger partial charge in [0.15, 0.2) is 0 Å². The first kappa shape index (κ1) is 11.8. The van der Waals surface area contributed by atoms with E-state index in [1.54, 1.807) is 18.2 Å². The Morgan fingerprint density at radius 1 is 1.33 bits per heavy atom. The summed E-state index contributed by atoms with van der Waals surface area (Å²) in [6.45, 7) is 1.38. The lowest BCUT2D eigenvalue weighted by Gasteiger charge is -2.02. The normalized spacial score (nSPS) is 11.3. The Kier molecular flexibility index (Phi) is 3.94.